The van der Waals surface area contributed by atoms with Crippen LogP contribution in [-0.2, 0) is 23.0 Å². The van der Waals surface area contributed by atoms with Crippen molar-refractivity contribution < 1.29 is 18.4 Å². The summed E-state index contributed by atoms with van der Waals surface area (Å²) in [6.07, 6.45) is 0. The normalized spacial score (nSPS) is 16.9. The molecule has 174 valence electrons. The molecule has 1 aliphatic heterocycles. The number of aryl methyl sites for hydroxylation is 3. The second kappa shape index (κ2) is 8.11. The summed E-state index contributed by atoms with van der Waals surface area (Å²) in [5.74, 6) is -0.0716. The van der Waals surface area contributed by atoms with Crippen LogP contribution in [0, 0.1) is 19.7 Å². The smallest absolute Gasteiger partial charge is 0.488 e. The van der Waals surface area contributed by atoms with Crippen LogP contribution in [0.5, 0.6) is 5.75 Å². The number of nitrogens with zero attached hydrogens (tertiary/aromatic N) is 4. The van der Waals surface area contributed by atoms with E-state index in [2.05, 4.69) is 10.4 Å². The first-order chi connectivity index (χ1) is 15.4. The Morgan fingerprint density at radius 2 is 1.73 bits per heavy atom. The number of hydrogen-bond donors (Lipinski definition) is 0. The van der Waals surface area contributed by atoms with Crippen LogP contribution in [0.15, 0.2) is 35.1 Å². The predicted molar refractivity (Wildman–Crippen MR) is 123 cm³/mol. The van der Waals surface area contributed by atoms with Crippen molar-refractivity contribution in [2.45, 2.75) is 59.4 Å². The van der Waals surface area contributed by atoms with Crippen LogP contribution in [0.3, 0.4) is 0 Å². The minimum atomic E-state index is -0.797. The molecule has 0 amide bonds. The van der Waals surface area contributed by atoms with Gasteiger partial charge >= 0.3 is 12.8 Å². The second-order valence-corrected chi connectivity index (χ2v) is 9.39. The summed E-state index contributed by atoms with van der Waals surface area (Å²) in [7, 11) is 0.736. The van der Waals surface area contributed by atoms with Gasteiger partial charge in [0.2, 0.25) is 0 Å². The molecule has 0 saturated carbocycles. The molecule has 0 N–H and O–H groups in total. The van der Waals surface area contributed by atoms with Crippen LogP contribution in [0.4, 0.5) is 4.39 Å². The Hall–Kier alpha value is -2.98. The molecule has 8 nitrogen and oxygen atoms in total. The van der Waals surface area contributed by atoms with Crippen molar-refractivity contribution in [1.82, 2.24) is 19.8 Å². The maximum atomic E-state index is 15.1. The van der Waals surface area contributed by atoms with E-state index in [0.29, 0.717) is 16.9 Å². The number of ether oxygens (including phenoxy) is 1. The number of aromatic nitrogens is 4. The van der Waals surface area contributed by atoms with E-state index in [1.807, 2.05) is 53.7 Å². The van der Waals surface area contributed by atoms with Crippen LogP contribution in [-0.4, -0.2) is 38.1 Å². The molecule has 0 unspecified atom stereocenters. The molecule has 4 rings (SSSR count). The van der Waals surface area contributed by atoms with Gasteiger partial charge < -0.3 is 14.0 Å². The molecular weight excluding hydrogens is 426 g/mol. The monoisotopic (exact) mass is 454 g/mol. The van der Waals surface area contributed by atoms with Crippen molar-refractivity contribution in [3.8, 4) is 11.4 Å². The maximum Gasteiger partial charge on any atom is 0.497 e. The van der Waals surface area contributed by atoms with E-state index in [1.54, 1.807) is 12.1 Å². The molecule has 1 fully saturated rings. The summed E-state index contributed by atoms with van der Waals surface area (Å²) in [6.45, 7) is 11.6. The predicted octanol–water partition coefficient (Wildman–Crippen LogP) is 2.60. The Balaban J connectivity index is 1.61. The van der Waals surface area contributed by atoms with Crippen molar-refractivity contribution in [2.75, 3.05) is 0 Å². The Kier molecular flexibility index (Phi) is 5.70. The number of hydrogen-bond acceptors (Lipinski definition) is 6. The molecule has 0 aliphatic carbocycles. The molecule has 1 aliphatic rings. The molecule has 0 spiro atoms. The zero-order valence-corrected chi connectivity index (χ0v) is 20.0. The standard InChI is InChI=1S/C23H28BFN4O4/c1-14-9-8-10-19(29-21(30)28(7)26-27-29)16(14)13-31-20-12-18(25)17(11-15(20)2)24-32-22(3,4)23(5,6)33-24/h8-12H,13H2,1-7H3. The van der Waals surface area contributed by atoms with E-state index >= 15 is 4.39 Å². The van der Waals surface area contributed by atoms with Gasteiger partial charge in [-0.25, -0.2) is 9.18 Å². The van der Waals surface area contributed by atoms with Crippen LogP contribution in [0.2, 0.25) is 0 Å². The second-order valence-electron chi connectivity index (χ2n) is 9.39. The van der Waals surface area contributed by atoms with Gasteiger partial charge in [-0.3, -0.25) is 0 Å². The molecule has 1 aromatic heterocycles. The highest BCUT2D eigenvalue weighted by Crippen LogP contribution is 2.37. The van der Waals surface area contributed by atoms with Crippen molar-refractivity contribution in [1.29, 1.82) is 0 Å². The fraction of sp³-hybridized carbons (Fsp3) is 0.435. The Labute approximate surface area is 192 Å². The van der Waals surface area contributed by atoms with Gasteiger partial charge in [0, 0.05) is 24.1 Å². The number of halogens is 1. The van der Waals surface area contributed by atoms with Gasteiger partial charge in [-0.15, -0.1) is 0 Å². The topological polar surface area (TPSA) is 80.4 Å². The van der Waals surface area contributed by atoms with E-state index in [1.165, 1.54) is 17.8 Å². The van der Waals surface area contributed by atoms with E-state index in [4.69, 9.17) is 14.0 Å². The number of tetrazole rings is 1. The van der Waals surface area contributed by atoms with Crippen LogP contribution in [0.25, 0.3) is 5.69 Å². The summed E-state index contributed by atoms with van der Waals surface area (Å²) in [6, 6.07) is 8.56. The third-order valence-electron chi connectivity index (χ3n) is 6.51. The molecule has 1 saturated heterocycles. The zero-order valence-electron chi connectivity index (χ0n) is 20.0. The average molecular weight is 454 g/mol. The van der Waals surface area contributed by atoms with Crippen LogP contribution in [0.1, 0.15) is 44.4 Å². The van der Waals surface area contributed by atoms with Crippen molar-refractivity contribution in [2.24, 2.45) is 7.05 Å². The van der Waals surface area contributed by atoms with E-state index in [9.17, 15) is 4.79 Å². The molecule has 33 heavy (non-hydrogen) atoms. The molecular formula is C23H28BFN4O4. The zero-order chi connectivity index (χ0) is 24.1. The van der Waals surface area contributed by atoms with Gasteiger partial charge in [0.1, 0.15) is 18.2 Å². The number of benzene rings is 2. The molecule has 0 atom stereocenters. The SMILES string of the molecule is Cc1cc(B2OC(C)(C)C(C)(C)O2)c(F)cc1OCc1c(C)cccc1-n1nnn(C)c1=O. The Morgan fingerprint density at radius 3 is 2.33 bits per heavy atom. The molecule has 3 aromatic rings. The lowest BCUT2D eigenvalue weighted by Crippen LogP contribution is -2.41. The Morgan fingerprint density at radius 1 is 1.06 bits per heavy atom. The summed E-state index contributed by atoms with van der Waals surface area (Å²) >= 11 is 0. The fourth-order valence-electron chi connectivity index (χ4n) is 3.68. The molecule has 0 radical (unpaired) electrons. The first-order valence-electron chi connectivity index (χ1n) is 10.8. The van der Waals surface area contributed by atoms with Gasteiger partial charge in [0.05, 0.1) is 16.9 Å². The molecule has 10 heteroatoms. The van der Waals surface area contributed by atoms with E-state index in [0.717, 1.165) is 21.4 Å². The quantitative estimate of drug-likeness (QED) is 0.552. The highest BCUT2D eigenvalue weighted by Gasteiger charge is 2.52. The van der Waals surface area contributed by atoms with E-state index < -0.39 is 24.1 Å². The molecule has 2 aromatic carbocycles. The third kappa shape index (κ3) is 4.09. The van der Waals surface area contributed by atoms with Gasteiger partial charge in [-0.05, 0) is 69.2 Å². The minimum absolute atomic E-state index is 0.126. The van der Waals surface area contributed by atoms with E-state index in [-0.39, 0.29) is 12.3 Å². The van der Waals surface area contributed by atoms with Crippen LogP contribution < -0.4 is 15.9 Å². The van der Waals surface area contributed by atoms with Crippen molar-refractivity contribution >= 4 is 12.6 Å². The highest BCUT2D eigenvalue weighted by molar-refractivity contribution is 6.62. The van der Waals surface area contributed by atoms with Crippen molar-refractivity contribution in [3.05, 3.63) is 63.3 Å². The first-order valence-corrected chi connectivity index (χ1v) is 10.8. The lowest BCUT2D eigenvalue weighted by atomic mass is 9.78. The summed E-state index contributed by atoms with van der Waals surface area (Å²) < 4.78 is 35.5. The van der Waals surface area contributed by atoms with Gasteiger partial charge in [-0.2, -0.15) is 9.36 Å². The summed E-state index contributed by atoms with van der Waals surface area (Å²) in [5.41, 5.74) is 1.83. The summed E-state index contributed by atoms with van der Waals surface area (Å²) in [4.78, 5) is 12.3. The fourth-order valence-corrected chi connectivity index (χ4v) is 3.68. The number of rotatable bonds is 5. The van der Waals surface area contributed by atoms with Gasteiger partial charge in [0.15, 0.2) is 0 Å². The minimum Gasteiger partial charge on any atom is -0.488 e. The Bertz CT molecular complexity index is 1250. The summed E-state index contributed by atoms with van der Waals surface area (Å²) in [5, 5.41) is 7.70. The lowest BCUT2D eigenvalue weighted by Gasteiger charge is -2.32. The highest BCUT2D eigenvalue weighted by atomic mass is 19.1. The largest absolute Gasteiger partial charge is 0.497 e. The average Bonchev–Trinajstić information content (AvgIpc) is 3.17. The molecule has 0 bridgehead atoms. The van der Waals surface area contributed by atoms with Gasteiger partial charge in [-0.1, -0.05) is 18.2 Å². The van der Waals surface area contributed by atoms with Gasteiger partial charge in [0.25, 0.3) is 0 Å². The first kappa shape index (κ1) is 23.2. The third-order valence-corrected chi connectivity index (χ3v) is 6.51. The maximum absolute atomic E-state index is 15.1. The molecule has 2 heterocycles. The van der Waals surface area contributed by atoms with Crippen LogP contribution >= 0.6 is 0 Å². The lowest BCUT2D eigenvalue weighted by molar-refractivity contribution is 0.00578. The van der Waals surface area contributed by atoms with Crippen molar-refractivity contribution in [3.63, 3.8) is 0 Å².